The fourth-order valence-electron chi connectivity index (χ4n) is 4.38. The van der Waals surface area contributed by atoms with Crippen LogP contribution < -0.4 is 4.74 Å². The summed E-state index contributed by atoms with van der Waals surface area (Å²) < 4.78 is 10.7. The average Bonchev–Trinajstić information content (AvgIpc) is 3.01. The third-order valence-corrected chi connectivity index (χ3v) is 5.74. The molecule has 0 heterocycles. The van der Waals surface area contributed by atoms with E-state index in [1.807, 2.05) is 54.6 Å². The van der Waals surface area contributed by atoms with Crippen LogP contribution >= 0.6 is 0 Å². The fourth-order valence-corrected chi connectivity index (χ4v) is 4.38. The standard InChI is InChI=1S/C25H25NO4/c1-4-30-24(28)25(15-8-16-26)22(19-11-13-20(29-3)14-12-19)21(17(2)23(25)27)18-9-6-5-7-10-18/h5-7,9-14,22H,4,8,15H2,1-3H3/t22-,25-/m0/s1. The lowest BCUT2D eigenvalue weighted by atomic mass is 9.67. The Morgan fingerprint density at radius 3 is 2.37 bits per heavy atom. The Morgan fingerprint density at radius 2 is 1.80 bits per heavy atom. The van der Waals surface area contributed by atoms with Crippen molar-refractivity contribution in [3.63, 3.8) is 0 Å². The lowest BCUT2D eigenvalue weighted by molar-refractivity contribution is -0.159. The van der Waals surface area contributed by atoms with Crippen LogP contribution in [-0.2, 0) is 14.3 Å². The Morgan fingerprint density at radius 1 is 1.13 bits per heavy atom. The van der Waals surface area contributed by atoms with E-state index < -0.39 is 17.3 Å². The summed E-state index contributed by atoms with van der Waals surface area (Å²) in [5.74, 6) is -0.707. The van der Waals surface area contributed by atoms with Crippen molar-refractivity contribution in [1.29, 1.82) is 5.26 Å². The van der Waals surface area contributed by atoms with Crippen LogP contribution in [0, 0.1) is 16.7 Å². The van der Waals surface area contributed by atoms with Crippen molar-refractivity contribution in [2.45, 2.75) is 32.6 Å². The molecule has 0 aromatic heterocycles. The topological polar surface area (TPSA) is 76.4 Å². The monoisotopic (exact) mass is 403 g/mol. The van der Waals surface area contributed by atoms with Gasteiger partial charge in [-0.05, 0) is 54.7 Å². The van der Waals surface area contributed by atoms with E-state index in [4.69, 9.17) is 9.47 Å². The third-order valence-electron chi connectivity index (χ3n) is 5.74. The van der Waals surface area contributed by atoms with Crippen molar-refractivity contribution >= 4 is 17.3 Å². The summed E-state index contributed by atoms with van der Waals surface area (Å²) in [5.41, 5.74) is 1.57. The molecule has 0 spiro atoms. The van der Waals surface area contributed by atoms with Crippen molar-refractivity contribution in [3.05, 3.63) is 71.3 Å². The number of allylic oxidation sites excluding steroid dienone is 2. The summed E-state index contributed by atoms with van der Waals surface area (Å²) >= 11 is 0. The van der Waals surface area contributed by atoms with E-state index in [0.717, 1.165) is 16.7 Å². The van der Waals surface area contributed by atoms with Crippen LogP contribution in [0.3, 0.4) is 0 Å². The van der Waals surface area contributed by atoms with E-state index in [0.29, 0.717) is 11.3 Å². The number of hydrogen-bond acceptors (Lipinski definition) is 5. The highest BCUT2D eigenvalue weighted by molar-refractivity contribution is 6.22. The SMILES string of the molecule is CCOC(=O)[C@]1(CCC#N)C(=O)C(C)=C(c2ccccc2)[C@@H]1c1ccc(OC)cc1. The molecule has 5 nitrogen and oxygen atoms in total. The smallest absolute Gasteiger partial charge is 0.321 e. The maximum atomic E-state index is 13.6. The van der Waals surface area contributed by atoms with Gasteiger partial charge in [0.15, 0.2) is 5.78 Å². The first kappa shape index (κ1) is 21.3. The van der Waals surface area contributed by atoms with Crippen molar-refractivity contribution in [1.82, 2.24) is 0 Å². The number of rotatable bonds is 7. The van der Waals surface area contributed by atoms with Crippen LogP contribution in [-0.4, -0.2) is 25.5 Å². The summed E-state index contributed by atoms with van der Waals surface area (Å²) in [6, 6.07) is 19.1. The normalized spacial score (nSPS) is 20.7. The summed E-state index contributed by atoms with van der Waals surface area (Å²) in [4.78, 5) is 27.0. The van der Waals surface area contributed by atoms with E-state index in [1.165, 1.54) is 0 Å². The van der Waals surface area contributed by atoms with Gasteiger partial charge >= 0.3 is 5.97 Å². The largest absolute Gasteiger partial charge is 0.497 e. The number of esters is 1. The molecular weight excluding hydrogens is 378 g/mol. The van der Waals surface area contributed by atoms with Crippen molar-refractivity contribution in [3.8, 4) is 11.8 Å². The van der Waals surface area contributed by atoms with Crippen LogP contribution in [0.4, 0.5) is 0 Å². The first-order valence-electron chi connectivity index (χ1n) is 10.00. The van der Waals surface area contributed by atoms with Gasteiger partial charge in [-0.1, -0.05) is 42.5 Å². The predicted octanol–water partition coefficient (Wildman–Crippen LogP) is 4.69. The summed E-state index contributed by atoms with van der Waals surface area (Å²) in [7, 11) is 1.59. The highest BCUT2D eigenvalue weighted by atomic mass is 16.5. The highest BCUT2D eigenvalue weighted by Gasteiger charge is 2.59. The van der Waals surface area contributed by atoms with Crippen LogP contribution in [0.1, 0.15) is 43.7 Å². The van der Waals surface area contributed by atoms with E-state index in [1.54, 1.807) is 21.0 Å². The maximum absolute atomic E-state index is 13.6. The number of carbonyl (C=O) groups excluding carboxylic acids is 2. The Balaban J connectivity index is 2.27. The Hall–Kier alpha value is -3.39. The van der Waals surface area contributed by atoms with Crippen LogP contribution in [0.15, 0.2) is 60.2 Å². The van der Waals surface area contributed by atoms with Crippen LogP contribution in [0.2, 0.25) is 0 Å². The third kappa shape index (κ3) is 3.50. The molecule has 0 aliphatic heterocycles. The molecule has 0 saturated heterocycles. The minimum atomic E-state index is -1.46. The second-order valence-electron chi connectivity index (χ2n) is 7.29. The number of ether oxygens (including phenoxy) is 2. The second kappa shape index (κ2) is 8.96. The van der Waals surface area contributed by atoms with E-state index >= 15 is 0 Å². The van der Waals surface area contributed by atoms with Gasteiger partial charge in [-0.3, -0.25) is 9.59 Å². The van der Waals surface area contributed by atoms with Gasteiger partial charge in [0.1, 0.15) is 11.2 Å². The van der Waals surface area contributed by atoms with Gasteiger partial charge in [0.2, 0.25) is 0 Å². The number of benzene rings is 2. The molecule has 2 atom stereocenters. The van der Waals surface area contributed by atoms with Gasteiger partial charge in [0.25, 0.3) is 0 Å². The number of methoxy groups -OCH3 is 1. The number of nitriles is 1. The van der Waals surface area contributed by atoms with E-state index in [2.05, 4.69) is 6.07 Å². The zero-order valence-electron chi connectivity index (χ0n) is 17.5. The second-order valence-corrected chi connectivity index (χ2v) is 7.29. The molecule has 3 rings (SSSR count). The molecular formula is C25H25NO4. The molecule has 0 bridgehead atoms. The molecule has 30 heavy (non-hydrogen) atoms. The minimum absolute atomic E-state index is 0.0760. The lowest BCUT2D eigenvalue weighted by Crippen LogP contribution is -2.42. The molecule has 0 radical (unpaired) electrons. The molecule has 2 aromatic carbocycles. The van der Waals surface area contributed by atoms with Gasteiger partial charge in [0, 0.05) is 12.3 Å². The van der Waals surface area contributed by atoms with Crippen molar-refractivity contribution in [2.75, 3.05) is 13.7 Å². The summed E-state index contributed by atoms with van der Waals surface area (Å²) in [6.07, 6.45) is 0.179. The Bertz CT molecular complexity index is 1000. The molecule has 0 N–H and O–H groups in total. The van der Waals surface area contributed by atoms with E-state index in [-0.39, 0.29) is 25.2 Å². The quantitative estimate of drug-likeness (QED) is 0.495. The fraction of sp³-hybridized carbons (Fsp3) is 0.320. The van der Waals surface area contributed by atoms with Gasteiger partial charge in [0.05, 0.1) is 19.8 Å². The summed E-state index contributed by atoms with van der Waals surface area (Å²) in [6.45, 7) is 3.64. The molecule has 0 unspecified atom stereocenters. The molecule has 2 aromatic rings. The molecule has 0 saturated carbocycles. The highest BCUT2D eigenvalue weighted by Crippen LogP contribution is 2.57. The first-order chi connectivity index (χ1) is 14.5. The predicted molar refractivity (Wildman–Crippen MR) is 114 cm³/mol. The zero-order chi connectivity index (χ0) is 21.7. The number of Topliss-reactive ketones (excluding diaryl/α,β-unsaturated/α-hetero) is 1. The minimum Gasteiger partial charge on any atom is -0.497 e. The molecule has 0 amide bonds. The van der Waals surface area contributed by atoms with Crippen LogP contribution in [0.5, 0.6) is 5.75 Å². The zero-order valence-corrected chi connectivity index (χ0v) is 17.5. The molecule has 0 fully saturated rings. The van der Waals surface area contributed by atoms with Crippen LogP contribution in [0.25, 0.3) is 5.57 Å². The average molecular weight is 403 g/mol. The van der Waals surface area contributed by atoms with E-state index in [9.17, 15) is 14.9 Å². The number of hydrogen-bond donors (Lipinski definition) is 0. The lowest BCUT2D eigenvalue weighted by Gasteiger charge is -2.33. The number of ketones is 1. The van der Waals surface area contributed by atoms with Gasteiger partial charge in [-0.15, -0.1) is 0 Å². The van der Waals surface area contributed by atoms with Crippen molar-refractivity contribution < 1.29 is 19.1 Å². The van der Waals surface area contributed by atoms with Gasteiger partial charge in [-0.2, -0.15) is 5.26 Å². The molecule has 154 valence electrons. The van der Waals surface area contributed by atoms with Crippen molar-refractivity contribution in [2.24, 2.45) is 5.41 Å². The van der Waals surface area contributed by atoms with Gasteiger partial charge in [-0.25, -0.2) is 0 Å². The molecule has 1 aliphatic rings. The first-order valence-corrected chi connectivity index (χ1v) is 10.00. The molecule has 1 aliphatic carbocycles. The maximum Gasteiger partial charge on any atom is 0.321 e. The molecule has 5 heteroatoms. The number of carbonyl (C=O) groups is 2. The summed E-state index contributed by atoms with van der Waals surface area (Å²) in [5, 5.41) is 9.27. The number of nitrogens with zero attached hydrogens (tertiary/aromatic N) is 1. The Kier molecular flexibility index (Phi) is 6.37. The van der Waals surface area contributed by atoms with Gasteiger partial charge < -0.3 is 9.47 Å². The Labute approximate surface area is 176 Å².